The lowest BCUT2D eigenvalue weighted by atomic mass is 10.2. The minimum Gasteiger partial charge on any atom is -0.465 e. The standard InChI is InChI=1S/C11H11BrN2O4/c1-18-11(17)7-3-9(12)13-4-8(7)14-5-6(15)2-10(14)16/h3-4,6,15H,2,5H2,1H3. The number of pyridine rings is 1. The summed E-state index contributed by atoms with van der Waals surface area (Å²) in [5.74, 6) is -0.793. The highest BCUT2D eigenvalue weighted by molar-refractivity contribution is 9.10. The summed E-state index contributed by atoms with van der Waals surface area (Å²) in [5, 5.41) is 9.46. The van der Waals surface area contributed by atoms with Crippen LogP contribution in [0.25, 0.3) is 0 Å². The quantitative estimate of drug-likeness (QED) is 0.643. The van der Waals surface area contributed by atoms with E-state index >= 15 is 0 Å². The maximum atomic E-state index is 11.7. The molecule has 18 heavy (non-hydrogen) atoms. The number of β-amino-alcohol motifs (C(OH)–C–C–N with tert-alkyl or cyclic N) is 1. The van der Waals surface area contributed by atoms with Gasteiger partial charge in [-0.05, 0) is 22.0 Å². The van der Waals surface area contributed by atoms with E-state index in [2.05, 4.69) is 25.7 Å². The number of nitrogens with zero attached hydrogens (tertiary/aromatic N) is 2. The van der Waals surface area contributed by atoms with Crippen LogP contribution in [0.5, 0.6) is 0 Å². The number of aliphatic hydroxyl groups excluding tert-OH is 1. The van der Waals surface area contributed by atoms with E-state index < -0.39 is 12.1 Å². The van der Waals surface area contributed by atoms with Crippen LogP contribution in [0, 0.1) is 0 Å². The van der Waals surface area contributed by atoms with Gasteiger partial charge >= 0.3 is 5.97 Å². The molecule has 1 unspecified atom stereocenters. The van der Waals surface area contributed by atoms with Crippen LogP contribution in [-0.4, -0.2) is 41.7 Å². The molecule has 0 saturated carbocycles. The average molecular weight is 315 g/mol. The lowest BCUT2D eigenvalue weighted by Gasteiger charge is -2.18. The number of amides is 1. The molecule has 1 amide bonds. The van der Waals surface area contributed by atoms with Crippen molar-refractivity contribution in [3.8, 4) is 0 Å². The second kappa shape index (κ2) is 5.03. The monoisotopic (exact) mass is 314 g/mol. The van der Waals surface area contributed by atoms with Gasteiger partial charge in [-0.1, -0.05) is 0 Å². The normalized spacial score (nSPS) is 19.2. The minimum atomic E-state index is -0.716. The lowest BCUT2D eigenvalue weighted by Crippen LogP contribution is -2.27. The van der Waals surface area contributed by atoms with Crippen molar-refractivity contribution in [2.24, 2.45) is 0 Å². The molecule has 6 nitrogen and oxygen atoms in total. The fourth-order valence-corrected chi connectivity index (χ4v) is 2.16. The van der Waals surface area contributed by atoms with Crippen molar-refractivity contribution in [3.63, 3.8) is 0 Å². The highest BCUT2D eigenvalue weighted by Crippen LogP contribution is 2.27. The first-order valence-corrected chi connectivity index (χ1v) is 6.04. The van der Waals surface area contributed by atoms with E-state index in [1.807, 2.05) is 0 Å². The van der Waals surface area contributed by atoms with Crippen LogP contribution in [-0.2, 0) is 9.53 Å². The maximum absolute atomic E-state index is 11.7. The van der Waals surface area contributed by atoms with Crippen LogP contribution in [0.2, 0.25) is 0 Å². The molecule has 1 aromatic rings. The topological polar surface area (TPSA) is 79.7 Å². The third-order valence-corrected chi connectivity index (χ3v) is 3.08. The Morgan fingerprint density at radius 1 is 1.67 bits per heavy atom. The van der Waals surface area contributed by atoms with Gasteiger partial charge in [0, 0.05) is 0 Å². The number of rotatable bonds is 2. The Morgan fingerprint density at radius 3 is 2.94 bits per heavy atom. The maximum Gasteiger partial charge on any atom is 0.340 e. The smallest absolute Gasteiger partial charge is 0.340 e. The number of anilines is 1. The second-order valence-electron chi connectivity index (χ2n) is 3.88. The van der Waals surface area contributed by atoms with E-state index in [-0.39, 0.29) is 24.4 Å². The molecular weight excluding hydrogens is 304 g/mol. The molecule has 1 aliphatic heterocycles. The Hall–Kier alpha value is -1.47. The van der Waals surface area contributed by atoms with E-state index in [4.69, 9.17) is 0 Å². The molecular formula is C11H11BrN2O4. The van der Waals surface area contributed by atoms with Gasteiger partial charge in [0.15, 0.2) is 0 Å². The van der Waals surface area contributed by atoms with Gasteiger partial charge in [-0.25, -0.2) is 9.78 Å². The van der Waals surface area contributed by atoms with E-state index in [0.717, 1.165) is 0 Å². The second-order valence-corrected chi connectivity index (χ2v) is 4.69. The molecule has 7 heteroatoms. The molecule has 0 spiro atoms. The highest BCUT2D eigenvalue weighted by Gasteiger charge is 2.32. The zero-order valence-electron chi connectivity index (χ0n) is 9.59. The zero-order valence-corrected chi connectivity index (χ0v) is 11.2. The number of ether oxygens (including phenoxy) is 1. The van der Waals surface area contributed by atoms with Crippen LogP contribution in [0.1, 0.15) is 16.8 Å². The van der Waals surface area contributed by atoms with E-state index in [1.165, 1.54) is 24.3 Å². The first kappa shape index (κ1) is 13.0. The molecule has 0 aliphatic carbocycles. The Kier molecular flexibility index (Phi) is 3.63. The molecule has 1 aliphatic rings. The van der Waals surface area contributed by atoms with Crippen LogP contribution in [0.15, 0.2) is 16.9 Å². The molecule has 0 radical (unpaired) electrons. The predicted octanol–water partition coefficient (Wildman–Crippen LogP) is 0.728. The first-order valence-electron chi connectivity index (χ1n) is 5.25. The van der Waals surface area contributed by atoms with E-state index in [9.17, 15) is 14.7 Å². The first-order chi connectivity index (χ1) is 8.52. The molecule has 1 saturated heterocycles. The third kappa shape index (κ3) is 2.37. The summed E-state index contributed by atoms with van der Waals surface area (Å²) in [7, 11) is 1.26. The lowest BCUT2D eigenvalue weighted by molar-refractivity contribution is -0.117. The Balaban J connectivity index is 2.44. The predicted molar refractivity (Wildman–Crippen MR) is 66.3 cm³/mol. The molecule has 0 aromatic carbocycles. The van der Waals surface area contributed by atoms with Gasteiger partial charge < -0.3 is 14.7 Å². The molecule has 1 N–H and O–H groups in total. The van der Waals surface area contributed by atoms with Crippen molar-refractivity contribution in [3.05, 3.63) is 22.4 Å². The van der Waals surface area contributed by atoms with Crippen molar-refractivity contribution in [1.29, 1.82) is 0 Å². The largest absolute Gasteiger partial charge is 0.465 e. The SMILES string of the molecule is COC(=O)c1cc(Br)ncc1N1CC(O)CC1=O. The number of esters is 1. The van der Waals surface area contributed by atoms with Crippen molar-refractivity contribution in [2.45, 2.75) is 12.5 Å². The van der Waals surface area contributed by atoms with Gasteiger partial charge in [-0.15, -0.1) is 0 Å². The number of methoxy groups -OCH3 is 1. The van der Waals surface area contributed by atoms with Crippen LogP contribution < -0.4 is 4.90 Å². The molecule has 96 valence electrons. The van der Waals surface area contributed by atoms with Crippen LogP contribution >= 0.6 is 15.9 Å². The molecule has 1 aromatic heterocycles. The molecule has 1 fully saturated rings. The number of carbonyl (C=O) groups is 2. The summed E-state index contributed by atoms with van der Waals surface area (Å²) in [5.41, 5.74) is 0.591. The fourth-order valence-electron chi connectivity index (χ4n) is 1.83. The number of halogens is 1. The molecule has 2 heterocycles. The van der Waals surface area contributed by atoms with Gasteiger partial charge in [0.25, 0.3) is 0 Å². The van der Waals surface area contributed by atoms with Gasteiger partial charge in [-0.3, -0.25) is 4.79 Å². The summed E-state index contributed by atoms with van der Waals surface area (Å²) < 4.78 is 5.14. The van der Waals surface area contributed by atoms with Crippen molar-refractivity contribution in [1.82, 2.24) is 4.98 Å². The molecule has 1 atom stereocenters. The zero-order chi connectivity index (χ0) is 13.3. The van der Waals surface area contributed by atoms with Crippen molar-refractivity contribution in [2.75, 3.05) is 18.6 Å². The van der Waals surface area contributed by atoms with Gasteiger partial charge in [0.2, 0.25) is 5.91 Å². The van der Waals surface area contributed by atoms with Crippen molar-refractivity contribution < 1.29 is 19.4 Å². The summed E-state index contributed by atoms with van der Waals surface area (Å²) in [6.45, 7) is 0.159. The molecule has 2 rings (SSSR count). The number of hydrogen-bond acceptors (Lipinski definition) is 5. The van der Waals surface area contributed by atoms with Crippen molar-refractivity contribution >= 4 is 33.5 Å². The average Bonchev–Trinajstić information content (AvgIpc) is 2.67. The van der Waals surface area contributed by atoms with Gasteiger partial charge in [0.05, 0.1) is 43.6 Å². The molecule has 0 bridgehead atoms. The van der Waals surface area contributed by atoms with Crippen LogP contribution in [0.3, 0.4) is 0 Å². The van der Waals surface area contributed by atoms with E-state index in [0.29, 0.717) is 10.3 Å². The summed E-state index contributed by atoms with van der Waals surface area (Å²) >= 11 is 3.16. The van der Waals surface area contributed by atoms with Gasteiger partial charge in [-0.2, -0.15) is 0 Å². The Morgan fingerprint density at radius 2 is 2.39 bits per heavy atom. The number of carbonyl (C=O) groups excluding carboxylic acids is 2. The Labute approximate surface area is 112 Å². The summed E-state index contributed by atoms with van der Waals surface area (Å²) in [6.07, 6.45) is 0.745. The summed E-state index contributed by atoms with van der Waals surface area (Å²) in [6, 6.07) is 1.49. The van der Waals surface area contributed by atoms with Gasteiger partial charge in [0.1, 0.15) is 4.60 Å². The third-order valence-electron chi connectivity index (χ3n) is 2.65. The summed E-state index contributed by atoms with van der Waals surface area (Å²) in [4.78, 5) is 28.7. The number of aromatic nitrogens is 1. The fraction of sp³-hybridized carbons (Fsp3) is 0.364. The van der Waals surface area contributed by atoms with E-state index in [1.54, 1.807) is 0 Å². The van der Waals surface area contributed by atoms with Crippen LogP contribution in [0.4, 0.5) is 5.69 Å². The number of hydrogen-bond donors (Lipinski definition) is 1. The number of aliphatic hydroxyl groups is 1. The highest BCUT2D eigenvalue weighted by atomic mass is 79.9. The minimum absolute atomic E-state index is 0.0523. The Bertz CT molecular complexity index is 506.